The van der Waals surface area contributed by atoms with Crippen molar-refractivity contribution >= 4 is 15.9 Å². The molecular formula is C23H25F3N2O3S. The van der Waals surface area contributed by atoms with Crippen LogP contribution in [0.15, 0.2) is 59.5 Å². The molecule has 0 spiro atoms. The summed E-state index contributed by atoms with van der Waals surface area (Å²) in [5, 5.41) is 3.14. The van der Waals surface area contributed by atoms with E-state index in [0.29, 0.717) is 24.8 Å². The Hall–Kier alpha value is -2.39. The summed E-state index contributed by atoms with van der Waals surface area (Å²) in [5.41, 5.74) is 0.0628. The van der Waals surface area contributed by atoms with Crippen LogP contribution in [0.4, 0.5) is 13.2 Å². The zero-order valence-electron chi connectivity index (χ0n) is 17.4. The Bertz CT molecular complexity index is 1060. The molecule has 5 nitrogen and oxygen atoms in total. The van der Waals surface area contributed by atoms with Crippen LogP contribution in [-0.2, 0) is 21.0 Å². The molecule has 1 heterocycles. The third kappa shape index (κ3) is 4.99. The lowest BCUT2D eigenvalue weighted by Crippen LogP contribution is -2.44. The van der Waals surface area contributed by atoms with Gasteiger partial charge >= 0.3 is 6.18 Å². The van der Waals surface area contributed by atoms with Gasteiger partial charge in [0.15, 0.2) is 0 Å². The Morgan fingerprint density at radius 2 is 1.62 bits per heavy atom. The molecule has 2 aliphatic rings. The van der Waals surface area contributed by atoms with E-state index in [1.807, 2.05) is 30.3 Å². The second-order valence-corrected chi connectivity index (χ2v) is 10.4. The highest BCUT2D eigenvalue weighted by Gasteiger charge is 2.37. The molecular weight excluding hydrogens is 441 g/mol. The number of benzene rings is 2. The van der Waals surface area contributed by atoms with Gasteiger partial charge in [-0.2, -0.15) is 17.5 Å². The van der Waals surface area contributed by atoms with Crippen molar-refractivity contribution in [2.75, 3.05) is 13.1 Å². The first-order valence-corrected chi connectivity index (χ1v) is 12.1. The number of sulfonamides is 1. The summed E-state index contributed by atoms with van der Waals surface area (Å²) < 4.78 is 65.8. The molecule has 0 bridgehead atoms. The van der Waals surface area contributed by atoms with E-state index < -0.39 is 21.8 Å². The molecule has 2 aromatic carbocycles. The molecule has 1 atom stereocenters. The maximum absolute atomic E-state index is 13.0. The van der Waals surface area contributed by atoms with Crippen LogP contribution in [0, 0.1) is 11.8 Å². The lowest BCUT2D eigenvalue weighted by molar-refractivity contribution is -0.137. The average molecular weight is 467 g/mol. The molecule has 2 aromatic rings. The predicted octanol–water partition coefficient (Wildman–Crippen LogP) is 4.37. The fourth-order valence-corrected chi connectivity index (χ4v) is 5.69. The topological polar surface area (TPSA) is 66.5 Å². The van der Waals surface area contributed by atoms with Gasteiger partial charge in [-0.05, 0) is 55.4 Å². The smallest absolute Gasteiger partial charge is 0.349 e. The van der Waals surface area contributed by atoms with Gasteiger partial charge in [-0.15, -0.1) is 0 Å². The number of carbonyl (C=O) groups excluding carboxylic acids is 1. The van der Waals surface area contributed by atoms with Crippen molar-refractivity contribution in [3.8, 4) is 0 Å². The highest BCUT2D eigenvalue weighted by Crippen LogP contribution is 2.41. The van der Waals surface area contributed by atoms with Crippen LogP contribution in [-0.4, -0.2) is 31.7 Å². The van der Waals surface area contributed by atoms with Crippen LogP contribution in [0.2, 0.25) is 0 Å². The summed E-state index contributed by atoms with van der Waals surface area (Å²) in [4.78, 5) is 12.5. The molecule has 1 N–H and O–H groups in total. The monoisotopic (exact) mass is 466 g/mol. The fourth-order valence-electron chi connectivity index (χ4n) is 4.17. The minimum absolute atomic E-state index is 0.0458. The molecule has 1 saturated carbocycles. The summed E-state index contributed by atoms with van der Waals surface area (Å²) in [6.45, 7) is 0.187. The van der Waals surface area contributed by atoms with Crippen LogP contribution < -0.4 is 5.32 Å². The molecule has 0 radical (unpaired) electrons. The molecule has 1 amide bonds. The lowest BCUT2D eigenvalue weighted by Gasteiger charge is -2.31. The van der Waals surface area contributed by atoms with E-state index in [2.05, 4.69) is 5.32 Å². The summed E-state index contributed by atoms with van der Waals surface area (Å²) in [7, 11) is -4.06. The first-order valence-electron chi connectivity index (χ1n) is 10.7. The second-order valence-electron chi connectivity index (χ2n) is 8.44. The Morgan fingerprint density at radius 1 is 0.969 bits per heavy atom. The third-order valence-electron chi connectivity index (χ3n) is 6.17. The number of hydrogen-bond acceptors (Lipinski definition) is 3. The molecule has 0 aromatic heterocycles. The fraction of sp³-hybridized carbons (Fsp3) is 0.435. The van der Waals surface area contributed by atoms with Crippen molar-refractivity contribution in [3.63, 3.8) is 0 Å². The Morgan fingerprint density at radius 3 is 2.22 bits per heavy atom. The van der Waals surface area contributed by atoms with Crippen LogP contribution in [0.3, 0.4) is 0 Å². The van der Waals surface area contributed by atoms with Gasteiger partial charge in [-0.3, -0.25) is 4.79 Å². The van der Waals surface area contributed by atoms with Crippen LogP contribution in [0.25, 0.3) is 0 Å². The van der Waals surface area contributed by atoms with Gasteiger partial charge in [0, 0.05) is 19.0 Å². The number of amides is 1. The Balaban J connectivity index is 1.40. The molecule has 4 rings (SSSR count). The first-order chi connectivity index (χ1) is 15.2. The molecule has 1 aliphatic heterocycles. The van der Waals surface area contributed by atoms with Gasteiger partial charge in [0.2, 0.25) is 15.9 Å². The summed E-state index contributed by atoms with van der Waals surface area (Å²) in [5.74, 6) is -0.00230. The zero-order chi connectivity index (χ0) is 22.9. The average Bonchev–Trinajstić information content (AvgIpc) is 3.63. The number of nitrogens with zero attached hydrogens (tertiary/aromatic N) is 1. The summed E-state index contributed by atoms with van der Waals surface area (Å²) in [6.07, 6.45) is -1.83. The third-order valence-corrected chi connectivity index (χ3v) is 8.07. The van der Waals surface area contributed by atoms with Gasteiger partial charge in [-0.25, -0.2) is 8.42 Å². The van der Waals surface area contributed by atoms with Crippen molar-refractivity contribution < 1.29 is 26.4 Å². The first kappa shape index (κ1) is 22.8. The molecule has 2 fully saturated rings. The van der Waals surface area contributed by atoms with Crippen molar-refractivity contribution in [1.29, 1.82) is 0 Å². The molecule has 172 valence electrons. The van der Waals surface area contributed by atoms with E-state index in [-0.39, 0.29) is 35.9 Å². The normalized spacial score (nSPS) is 19.5. The number of halogens is 3. The molecule has 1 aliphatic carbocycles. The van der Waals surface area contributed by atoms with Crippen molar-refractivity contribution in [3.05, 3.63) is 65.7 Å². The van der Waals surface area contributed by atoms with Crippen LogP contribution >= 0.6 is 0 Å². The van der Waals surface area contributed by atoms with Crippen molar-refractivity contribution in [2.45, 2.75) is 42.8 Å². The van der Waals surface area contributed by atoms with Crippen LogP contribution in [0.5, 0.6) is 0 Å². The van der Waals surface area contributed by atoms with E-state index in [0.717, 1.165) is 30.5 Å². The van der Waals surface area contributed by atoms with E-state index in [1.165, 1.54) is 10.4 Å². The maximum Gasteiger partial charge on any atom is 0.416 e. The highest BCUT2D eigenvalue weighted by atomic mass is 32.2. The molecule has 9 heteroatoms. The maximum atomic E-state index is 13.0. The van der Waals surface area contributed by atoms with Gasteiger partial charge in [0.25, 0.3) is 0 Å². The minimum Gasteiger partial charge on any atom is -0.349 e. The molecule has 0 unspecified atom stereocenters. The van der Waals surface area contributed by atoms with Gasteiger partial charge in [0.1, 0.15) is 0 Å². The summed E-state index contributed by atoms with van der Waals surface area (Å²) >= 11 is 0. The number of nitrogens with one attached hydrogen (secondary N) is 1. The summed E-state index contributed by atoms with van der Waals surface area (Å²) in [6, 6.07) is 13.5. The van der Waals surface area contributed by atoms with Crippen molar-refractivity contribution in [2.24, 2.45) is 11.8 Å². The number of carbonyl (C=O) groups is 1. The SMILES string of the molecule is O=C(N[C@H](c1ccccc1)C1CC1)C1CCN(S(=O)(=O)c2cccc(C(F)(F)F)c2)CC1. The van der Waals surface area contributed by atoms with E-state index in [4.69, 9.17) is 0 Å². The standard InChI is InChI=1S/C23H25F3N2O3S/c24-23(25,26)19-7-4-8-20(15-19)32(30,31)28-13-11-18(12-14-28)22(29)27-21(17-9-10-17)16-5-2-1-3-6-16/h1-8,15,17-18,21H,9-14H2,(H,27,29)/t21-/m1/s1. The molecule has 32 heavy (non-hydrogen) atoms. The Labute approximate surface area is 185 Å². The largest absolute Gasteiger partial charge is 0.416 e. The number of alkyl halides is 3. The molecule has 1 saturated heterocycles. The second kappa shape index (κ2) is 8.86. The zero-order valence-corrected chi connectivity index (χ0v) is 18.2. The predicted molar refractivity (Wildman–Crippen MR) is 113 cm³/mol. The van der Waals surface area contributed by atoms with E-state index >= 15 is 0 Å². The lowest BCUT2D eigenvalue weighted by atomic mass is 9.95. The Kier molecular flexibility index (Phi) is 6.31. The van der Waals surface area contributed by atoms with E-state index in [1.54, 1.807) is 0 Å². The minimum atomic E-state index is -4.62. The highest BCUT2D eigenvalue weighted by molar-refractivity contribution is 7.89. The number of piperidine rings is 1. The van der Waals surface area contributed by atoms with Gasteiger partial charge in [0.05, 0.1) is 16.5 Å². The number of rotatable bonds is 6. The van der Waals surface area contributed by atoms with Gasteiger partial charge < -0.3 is 5.32 Å². The van der Waals surface area contributed by atoms with Crippen molar-refractivity contribution in [1.82, 2.24) is 9.62 Å². The van der Waals surface area contributed by atoms with E-state index in [9.17, 15) is 26.4 Å². The quantitative estimate of drug-likeness (QED) is 0.688. The van der Waals surface area contributed by atoms with Gasteiger partial charge in [-0.1, -0.05) is 36.4 Å². The number of hydrogen-bond donors (Lipinski definition) is 1. The van der Waals surface area contributed by atoms with Crippen LogP contribution in [0.1, 0.15) is 42.9 Å².